The second-order valence-electron chi connectivity index (χ2n) is 4.17. The van der Waals surface area contributed by atoms with E-state index in [9.17, 15) is 5.11 Å². The second-order valence-corrected chi connectivity index (χ2v) is 4.17. The maximum absolute atomic E-state index is 9.55. The summed E-state index contributed by atoms with van der Waals surface area (Å²) in [5.41, 5.74) is 3.14. The molecule has 17 heavy (non-hydrogen) atoms. The van der Waals surface area contributed by atoms with Gasteiger partial charge in [-0.1, -0.05) is 35.9 Å². The summed E-state index contributed by atoms with van der Waals surface area (Å²) in [7, 11) is 0. The van der Waals surface area contributed by atoms with Crippen LogP contribution in [0.4, 0.5) is 0 Å². The first kappa shape index (κ1) is 11.5. The topological polar surface area (TPSA) is 29.5 Å². The van der Waals surface area contributed by atoms with E-state index in [2.05, 4.69) is 19.1 Å². The lowest BCUT2D eigenvalue weighted by molar-refractivity contribution is 0.302. The first-order valence-electron chi connectivity index (χ1n) is 5.64. The summed E-state index contributed by atoms with van der Waals surface area (Å²) in [6, 6.07) is 13.5. The largest absolute Gasteiger partial charge is 0.508 e. The average Bonchev–Trinajstić information content (AvgIpc) is 2.33. The fourth-order valence-electron chi connectivity index (χ4n) is 1.60. The maximum Gasteiger partial charge on any atom is 0.126 e. The van der Waals surface area contributed by atoms with Crippen LogP contribution < -0.4 is 4.74 Å². The lowest BCUT2D eigenvalue weighted by atomic mass is 10.1. The van der Waals surface area contributed by atoms with Crippen LogP contribution in [0.5, 0.6) is 11.5 Å². The molecule has 0 heterocycles. The highest BCUT2D eigenvalue weighted by atomic mass is 16.5. The molecule has 0 bridgehead atoms. The van der Waals surface area contributed by atoms with E-state index < -0.39 is 0 Å². The maximum atomic E-state index is 9.55. The molecular formula is C15H16O2. The Labute approximate surface area is 101 Å². The number of aryl methyl sites for hydroxylation is 1. The first-order chi connectivity index (χ1) is 8.16. The van der Waals surface area contributed by atoms with Crippen LogP contribution in [-0.4, -0.2) is 5.11 Å². The Balaban J connectivity index is 2.07. The fourth-order valence-corrected chi connectivity index (χ4v) is 1.60. The highest BCUT2D eigenvalue weighted by Crippen LogP contribution is 2.26. The molecule has 0 unspecified atom stereocenters. The van der Waals surface area contributed by atoms with E-state index in [-0.39, 0.29) is 5.75 Å². The standard InChI is InChI=1S/C15H16O2/c1-11-6-8-13(9-7-11)10-17-15-5-3-4-14(16)12(15)2/h3-9,16H,10H2,1-2H3. The Bertz CT molecular complexity index is 501. The van der Waals surface area contributed by atoms with Gasteiger partial charge >= 0.3 is 0 Å². The quantitative estimate of drug-likeness (QED) is 0.870. The summed E-state index contributed by atoms with van der Waals surface area (Å²) >= 11 is 0. The third-order valence-corrected chi connectivity index (χ3v) is 2.77. The predicted molar refractivity (Wildman–Crippen MR) is 68.4 cm³/mol. The molecule has 0 radical (unpaired) electrons. The Kier molecular flexibility index (Phi) is 3.33. The molecule has 2 nitrogen and oxygen atoms in total. The van der Waals surface area contributed by atoms with Crippen LogP contribution in [0.3, 0.4) is 0 Å². The number of phenols is 1. The molecule has 88 valence electrons. The SMILES string of the molecule is Cc1ccc(COc2cccc(O)c2C)cc1. The van der Waals surface area contributed by atoms with E-state index in [1.165, 1.54) is 5.56 Å². The van der Waals surface area contributed by atoms with Crippen LogP contribution in [0.2, 0.25) is 0 Å². The van der Waals surface area contributed by atoms with Crippen molar-refractivity contribution in [3.05, 3.63) is 59.2 Å². The lowest BCUT2D eigenvalue weighted by Gasteiger charge is -2.10. The van der Waals surface area contributed by atoms with Crippen LogP contribution in [0.25, 0.3) is 0 Å². The summed E-state index contributed by atoms with van der Waals surface area (Å²) in [5.74, 6) is 0.997. The number of phenolic OH excluding ortho intramolecular Hbond substituents is 1. The molecular weight excluding hydrogens is 212 g/mol. The van der Waals surface area contributed by atoms with E-state index in [1.54, 1.807) is 12.1 Å². The van der Waals surface area contributed by atoms with E-state index in [1.807, 2.05) is 25.1 Å². The fraction of sp³-hybridized carbons (Fsp3) is 0.200. The van der Waals surface area contributed by atoms with Gasteiger partial charge in [0.05, 0.1) is 0 Å². The first-order valence-corrected chi connectivity index (χ1v) is 5.64. The normalized spacial score (nSPS) is 10.2. The van der Waals surface area contributed by atoms with Crippen LogP contribution >= 0.6 is 0 Å². The summed E-state index contributed by atoms with van der Waals surface area (Å²) in [6.45, 7) is 4.43. The van der Waals surface area contributed by atoms with Crippen molar-refractivity contribution in [1.29, 1.82) is 0 Å². The molecule has 2 rings (SSSR count). The van der Waals surface area contributed by atoms with Crippen molar-refractivity contribution < 1.29 is 9.84 Å². The van der Waals surface area contributed by atoms with Crippen molar-refractivity contribution in [1.82, 2.24) is 0 Å². The number of hydrogen-bond donors (Lipinski definition) is 1. The Morgan fingerprint density at radius 2 is 1.71 bits per heavy atom. The van der Waals surface area contributed by atoms with Crippen LogP contribution in [0, 0.1) is 13.8 Å². The predicted octanol–water partition coefficient (Wildman–Crippen LogP) is 3.59. The third kappa shape index (κ3) is 2.78. The van der Waals surface area contributed by atoms with Crippen molar-refractivity contribution in [3.8, 4) is 11.5 Å². The van der Waals surface area contributed by atoms with Gasteiger partial charge in [0.2, 0.25) is 0 Å². The Hall–Kier alpha value is -1.96. The van der Waals surface area contributed by atoms with Crippen molar-refractivity contribution in [2.75, 3.05) is 0 Å². The van der Waals surface area contributed by atoms with Gasteiger partial charge in [-0.05, 0) is 31.5 Å². The van der Waals surface area contributed by atoms with Gasteiger partial charge in [-0.3, -0.25) is 0 Å². The van der Waals surface area contributed by atoms with E-state index in [0.29, 0.717) is 6.61 Å². The molecule has 0 atom stereocenters. The molecule has 2 heteroatoms. The van der Waals surface area contributed by atoms with Gasteiger partial charge in [0.1, 0.15) is 18.1 Å². The summed E-state index contributed by atoms with van der Waals surface area (Å²) in [6.07, 6.45) is 0. The molecule has 0 amide bonds. The molecule has 0 aliphatic rings. The van der Waals surface area contributed by atoms with E-state index in [4.69, 9.17) is 4.74 Å². The molecule has 0 fully saturated rings. The highest BCUT2D eigenvalue weighted by Gasteiger charge is 2.03. The van der Waals surface area contributed by atoms with Gasteiger partial charge in [0.15, 0.2) is 0 Å². The monoisotopic (exact) mass is 228 g/mol. The van der Waals surface area contributed by atoms with Crippen molar-refractivity contribution in [3.63, 3.8) is 0 Å². The zero-order valence-corrected chi connectivity index (χ0v) is 10.1. The molecule has 0 saturated carbocycles. The summed E-state index contributed by atoms with van der Waals surface area (Å²) in [5, 5.41) is 9.55. The molecule has 0 spiro atoms. The van der Waals surface area contributed by atoms with Crippen LogP contribution in [0.15, 0.2) is 42.5 Å². The smallest absolute Gasteiger partial charge is 0.126 e. The molecule has 0 aliphatic heterocycles. The van der Waals surface area contributed by atoms with Crippen molar-refractivity contribution in [2.45, 2.75) is 20.5 Å². The number of benzene rings is 2. The zero-order valence-electron chi connectivity index (χ0n) is 10.1. The minimum Gasteiger partial charge on any atom is -0.508 e. The van der Waals surface area contributed by atoms with Gasteiger partial charge in [0, 0.05) is 5.56 Å². The van der Waals surface area contributed by atoms with Crippen molar-refractivity contribution in [2.24, 2.45) is 0 Å². The molecule has 0 aromatic heterocycles. The average molecular weight is 228 g/mol. The van der Waals surface area contributed by atoms with E-state index >= 15 is 0 Å². The number of ether oxygens (including phenoxy) is 1. The molecule has 0 aliphatic carbocycles. The number of aromatic hydroxyl groups is 1. The van der Waals surface area contributed by atoms with Gasteiger partial charge in [0.25, 0.3) is 0 Å². The molecule has 2 aromatic carbocycles. The van der Waals surface area contributed by atoms with Gasteiger partial charge in [-0.2, -0.15) is 0 Å². The number of rotatable bonds is 3. The number of hydrogen-bond acceptors (Lipinski definition) is 2. The van der Waals surface area contributed by atoms with Crippen molar-refractivity contribution >= 4 is 0 Å². The second kappa shape index (κ2) is 4.91. The van der Waals surface area contributed by atoms with Gasteiger partial charge in [-0.15, -0.1) is 0 Å². The molecule has 0 saturated heterocycles. The van der Waals surface area contributed by atoms with Crippen LogP contribution in [-0.2, 0) is 6.61 Å². The Morgan fingerprint density at radius 1 is 1.00 bits per heavy atom. The molecule has 2 aromatic rings. The van der Waals surface area contributed by atoms with Gasteiger partial charge in [-0.25, -0.2) is 0 Å². The summed E-state index contributed by atoms with van der Waals surface area (Å²) in [4.78, 5) is 0. The zero-order chi connectivity index (χ0) is 12.3. The van der Waals surface area contributed by atoms with E-state index in [0.717, 1.165) is 16.9 Å². The lowest BCUT2D eigenvalue weighted by Crippen LogP contribution is -1.96. The van der Waals surface area contributed by atoms with Crippen LogP contribution in [0.1, 0.15) is 16.7 Å². The third-order valence-electron chi connectivity index (χ3n) is 2.77. The Morgan fingerprint density at radius 3 is 2.41 bits per heavy atom. The van der Waals surface area contributed by atoms with Gasteiger partial charge < -0.3 is 9.84 Å². The minimum absolute atomic E-state index is 0.270. The minimum atomic E-state index is 0.270. The highest BCUT2D eigenvalue weighted by molar-refractivity contribution is 5.42. The molecule has 1 N–H and O–H groups in total. The summed E-state index contributed by atoms with van der Waals surface area (Å²) < 4.78 is 5.68.